The first-order valence-corrected chi connectivity index (χ1v) is 9.93. The Morgan fingerprint density at radius 1 is 0.966 bits per heavy atom. The largest absolute Gasteiger partial charge is 0.507 e. The second-order valence-corrected chi connectivity index (χ2v) is 7.65. The number of fused-ring (bicyclic) bond motifs is 1. The summed E-state index contributed by atoms with van der Waals surface area (Å²) >= 11 is 3.45. The van der Waals surface area contributed by atoms with Crippen molar-refractivity contribution in [3.05, 3.63) is 81.8 Å². The van der Waals surface area contributed by atoms with E-state index in [0.717, 1.165) is 32.1 Å². The van der Waals surface area contributed by atoms with Crippen molar-refractivity contribution in [3.63, 3.8) is 0 Å². The monoisotopic (exact) mass is 446 g/mol. The first-order valence-electron chi connectivity index (χ1n) is 9.14. The number of anilines is 1. The predicted octanol–water partition coefficient (Wildman–Crippen LogP) is 5.83. The molecule has 29 heavy (non-hydrogen) atoms. The lowest BCUT2D eigenvalue weighted by Crippen LogP contribution is -1.99. The molecule has 0 radical (unpaired) electrons. The summed E-state index contributed by atoms with van der Waals surface area (Å²) in [6, 6.07) is 19.4. The normalized spacial score (nSPS) is 11.3. The molecule has 1 heterocycles. The Bertz CT molecular complexity index is 1220. The maximum Gasteiger partial charge on any atom is 0.162 e. The number of hydrogen-bond acceptors (Lipinski definition) is 5. The summed E-state index contributed by atoms with van der Waals surface area (Å²) in [5.74, 6) is 1.45. The summed E-state index contributed by atoms with van der Waals surface area (Å²) in [5, 5.41) is 15.5. The fraction of sp³-hybridized carbons (Fsp3) is 0.0870. The van der Waals surface area contributed by atoms with Crippen LogP contribution in [0.3, 0.4) is 0 Å². The topological polar surface area (TPSA) is 70.4 Å². The van der Waals surface area contributed by atoms with Crippen molar-refractivity contribution in [2.45, 2.75) is 13.8 Å². The minimum atomic E-state index is 0.235. The lowest BCUT2D eigenvalue weighted by molar-refractivity contribution is 0.469. The van der Waals surface area contributed by atoms with E-state index in [1.165, 1.54) is 0 Å². The summed E-state index contributed by atoms with van der Waals surface area (Å²) in [5.41, 5.74) is 7.29. The highest BCUT2D eigenvalue weighted by Gasteiger charge is 2.09. The molecular formula is C23H19BrN4O. The SMILES string of the molecule is Cc1ccc(/C=N/Nc2nc(-c3ccc(Br)cc3)nc3ccccc23)c(O)c1C. The number of nitrogens with zero attached hydrogens (tertiary/aromatic N) is 3. The van der Waals surface area contributed by atoms with Crippen LogP contribution in [0.4, 0.5) is 5.82 Å². The van der Waals surface area contributed by atoms with Gasteiger partial charge in [-0.15, -0.1) is 0 Å². The smallest absolute Gasteiger partial charge is 0.162 e. The summed E-state index contributed by atoms with van der Waals surface area (Å²) < 4.78 is 0.998. The molecule has 144 valence electrons. The molecule has 0 atom stereocenters. The Kier molecular flexibility index (Phi) is 5.27. The van der Waals surface area contributed by atoms with Gasteiger partial charge in [-0.1, -0.05) is 46.3 Å². The third-order valence-corrected chi connectivity index (χ3v) is 5.34. The van der Waals surface area contributed by atoms with Crippen molar-refractivity contribution in [2.75, 3.05) is 5.43 Å². The van der Waals surface area contributed by atoms with Gasteiger partial charge in [-0.2, -0.15) is 5.10 Å². The molecule has 0 aliphatic carbocycles. The lowest BCUT2D eigenvalue weighted by Gasteiger charge is -2.09. The highest BCUT2D eigenvalue weighted by molar-refractivity contribution is 9.10. The molecule has 6 heteroatoms. The average Bonchev–Trinajstić information content (AvgIpc) is 2.74. The first-order chi connectivity index (χ1) is 14.0. The number of nitrogens with one attached hydrogen (secondary N) is 1. The fourth-order valence-electron chi connectivity index (χ4n) is 2.98. The van der Waals surface area contributed by atoms with Gasteiger partial charge in [0.05, 0.1) is 11.7 Å². The van der Waals surface area contributed by atoms with E-state index >= 15 is 0 Å². The fourth-order valence-corrected chi connectivity index (χ4v) is 3.24. The van der Waals surface area contributed by atoms with Gasteiger partial charge in [0, 0.05) is 21.0 Å². The van der Waals surface area contributed by atoms with Gasteiger partial charge in [-0.25, -0.2) is 9.97 Å². The maximum atomic E-state index is 10.3. The number of rotatable bonds is 4. The van der Waals surface area contributed by atoms with Crippen LogP contribution in [0.2, 0.25) is 0 Å². The summed E-state index contributed by atoms with van der Waals surface area (Å²) in [7, 11) is 0. The zero-order valence-electron chi connectivity index (χ0n) is 16.0. The first kappa shape index (κ1) is 19.1. The van der Waals surface area contributed by atoms with E-state index < -0.39 is 0 Å². The molecule has 0 saturated heterocycles. The van der Waals surface area contributed by atoms with Crippen LogP contribution in [0.1, 0.15) is 16.7 Å². The number of aryl methyl sites for hydroxylation is 1. The van der Waals surface area contributed by atoms with Crippen molar-refractivity contribution in [2.24, 2.45) is 5.10 Å². The zero-order chi connectivity index (χ0) is 20.4. The Morgan fingerprint density at radius 2 is 1.72 bits per heavy atom. The number of aromatic hydroxyl groups is 1. The number of phenolic OH excluding ortho intramolecular Hbond substituents is 1. The van der Waals surface area contributed by atoms with Gasteiger partial charge < -0.3 is 5.11 Å². The van der Waals surface area contributed by atoms with Crippen LogP contribution in [-0.2, 0) is 0 Å². The van der Waals surface area contributed by atoms with Crippen LogP contribution in [-0.4, -0.2) is 21.3 Å². The van der Waals surface area contributed by atoms with Crippen molar-refractivity contribution in [3.8, 4) is 17.1 Å². The molecule has 0 saturated carbocycles. The van der Waals surface area contributed by atoms with Gasteiger partial charge in [0.15, 0.2) is 11.6 Å². The van der Waals surface area contributed by atoms with Crippen molar-refractivity contribution in [1.29, 1.82) is 0 Å². The quantitative estimate of drug-likeness (QED) is 0.305. The summed E-state index contributed by atoms with van der Waals surface area (Å²) in [6.45, 7) is 3.85. The van der Waals surface area contributed by atoms with E-state index in [4.69, 9.17) is 0 Å². The molecule has 5 nitrogen and oxygen atoms in total. The molecule has 0 amide bonds. The molecule has 0 aliphatic heterocycles. The second kappa shape index (κ2) is 8.01. The molecule has 0 unspecified atom stereocenters. The van der Waals surface area contributed by atoms with Crippen LogP contribution in [0.5, 0.6) is 5.75 Å². The van der Waals surface area contributed by atoms with Crippen molar-refractivity contribution < 1.29 is 5.11 Å². The molecular weight excluding hydrogens is 428 g/mol. The number of benzene rings is 3. The Labute approximate surface area is 177 Å². The molecule has 2 N–H and O–H groups in total. The highest BCUT2D eigenvalue weighted by atomic mass is 79.9. The molecule has 4 rings (SSSR count). The van der Waals surface area contributed by atoms with Gasteiger partial charge in [-0.3, -0.25) is 5.43 Å². The Balaban J connectivity index is 1.71. The van der Waals surface area contributed by atoms with Crippen LogP contribution < -0.4 is 5.43 Å². The minimum Gasteiger partial charge on any atom is -0.507 e. The van der Waals surface area contributed by atoms with Crippen LogP contribution in [0.15, 0.2) is 70.2 Å². The predicted molar refractivity (Wildman–Crippen MR) is 121 cm³/mol. The van der Waals surface area contributed by atoms with E-state index in [1.807, 2.05) is 74.5 Å². The molecule has 0 spiro atoms. The van der Waals surface area contributed by atoms with Crippen LogP contribution >= 0.6 is 15.9 Å². The molecule has 3 aromatic carbocycles. The maximum absolute atomic E-state index is 10.3. The standard InChI is InChI=1S/C23H19BrN4O/c1-14-7-8-17(21(29)15(14)2)13-25-28-23-19-5-3-4-6-20(19)26-22(27-23)16-9-11-18(24)12-10-16/h3-13,29H,1-2H3,(H,26,27,28)/b25-13+. The molecule has 0 aliphatic rings. The molecule has 0 bridgehead atoms. The average molecular weight is 447 g/mol. The number of hydrogen-bond donors (Lipinski definition) is 2. The van der Waals surface area contributed by atoms with Gasteiger partial charge in [-0.05, 0) is 55.3 Å². The van der Waals surface area contributed by atoms with Crippen molar-refractivity contribution >= 4 is 38.9 Å². The van der Waals surface area contributed by atoms with E-state index in [0.29, 0.717) is 17.2 Å². The van der Waals surface area contributed by atoms with E-state index in [9.17, 15) is 5.11 Å². The molecule has 0 fully saturated rings. The van der Waals surface area contributed by atoms with Crippen molar-refractivity contribution in [1.82, 2.24) is 9.97 Å². The number of halogens is 1. The summed E-state index contributed by atoms with van der Waals surface area (Å²) in [4.78, 5) is 9.35. The van der Waals surface area contributed by atoms with Gasteiger partial charge in [0.25, 0.3) is 0 Å². The highest BCUT2D eigenvalue weighted by Crippen LogP contribution is 2.26. The van der Waals surface area contributed by atoms with Gasteiger partial charge >= 0.3 is 0 Å². The van der Waals surface area contributed by atoms with Crippen LogP contribution in [0, 0.1) is 13.8 Å². The number of hydrazone groups is 1. The Morgan fingerprint density at radius 3 is 2.52 bits per heavy atom. The second-order valence-electron chi connectivity index (χ2n) is 6.74. The molecule has 4 aromatic rings. The molecule has 1 aromatic heterocycles. The van der Waals surface area contributed by atoms with E-state index in [-0.39, 0.29) is 5.75 Å². The zero-order valence-corrected chi connectivity index (χ0v) is 17.6. The number of aromatic nitrogens is 2. The van der Waals surface area contributed by atoms with E-state index in [2.05, 4.69) is 36.4 Å². The van der Waals surface area contributed by atoms with E-state index in [1.54, 1.807) is 6.21 Å². The number of phenols is 1. The number of para-hydroxylation sites is 1. The third kappa shape index (κ3) is 3.98. The minimum absolute atomic E-state index is 0.235. The Hall–Kier alpha value is -3.25. The van der Waals surface area contributed by atoms with Gasteiger partial charge in [0.1, 0.15) is 5.75 Å². The van der Waals surface area contributed by atoms with Crippen LogP contribution in [0.25, 0.3) is 22.3 Å². The third-order valence-electron chi connectivity index (χ3n) is 4.81. The summed E-state index contributed by atoms with van der Waals surface area (Å²) in [6.07, 6.45) is 1.60. The lowest BCUT2D eigenvalue weighted by atomic mass is 10.1. The van der Waals surface area contributed by atoms with Gasteiger partial charge in [0.2, 0.25) is 0 Å².